The first-order chi connectivity index (χ1) is 44.6. The molecule has 91 heavy (non-hydrogen) atoms. The molecule has 0 aliphatic rings. The predicted octanol–water partition coefficient (Wildman–Crippen LogP) is 23.7. The van der Waals surface area contributed by atoms with Crippen LogP contribution in [0.5, 0.6) is 0 Å². The molecule has 0 rings (SSSR count). The molecular weight excluding hydrogens is 1130 g/mol. The molecule has 0 aliphatic carbocycles. The fourth-order valence-corrected chi connectivity index (χ4v) is 11.7. The van der Waals surface area contributed by atoms with Crippen molar-refractivity contribution in [3.8, 4) is 0 Å². The van der Waals surface area contributed by atoms with Gasteiger partial charge in [-0.15, -0.1) is 0 Å². The molecule has 2 atom stereocenters. The number of quaternary nitrogens is 1. The van der Waals surface area contributed by atoms with E-state index in [9.17, 15) is 19.5 Å². The van der Waals surface area contributed by atoms with E-state index in [2.05, 4.69) is 74.6 Å². The summed E-state index contributed by atoms with van der Waals surface area (Å²) in [5, 5.41) is 11.8. The van der Waals surface area contributed by atoms with Crippen molar-refractivity contribution < 1.29 is 42.9 Å². The fourth-order valence-electron chi connectivity index (χ4n) is 11.7. The molecule has 0 fully saturated rings. The van der Waals surface area contributed by atoms with E-state index in [1.165, 1.54) is 289 Å². The molecule has 532 valence electrons. The summed E-state index contributed by atoms with van der Waals surface area (Å²) in [7, 11) is 5.94. The molecule has 2 unspecified atom stereocenters. The molecule has 0 aliphatic heterocycles. The maximum Gasteiger partial charge on any atom is 0.306 e. The van der Waals surface area contributed by atoms with Crippen LogP contribution in [0.3, 0.4) is 0 Å². The molecule has 0 heterocycles. The molecule has 9 nitrogen and oxygen atoms in total. The number of hydrogen-bond donors (Lipinski definition) is 0. The molecule has 0 amide bonds. The van der Waals surface area contributed by atoms with Gasteiger partial charge in [-0.1, -0.05) is 351 Å². The van der Waals surface area contributed by atoms with E-state index < -0.39 is 24.3 Å². The number of ether oxygens (including phenoxy) is 4. The van der Waals surface area contributed by atoms with Crippen LogP contribution in [0.25, 0.3) is 0 Å². The maximum absolute atomic E-state index is 12.9. The first-order valence-corrected chi connectivity index (χ1v) is 39.4. The van der Waals surface area contributed by atoms with Gasteiger partial charge < -0.3 is 33.3 Å². The standard InChI is InChI=1S/C82H151NO8/c1-6-8-10-12-14-16-18-20-22-24-26-28-30-32-33-34-35-36-37-38-39-40-41-42-43-44-45-46-47-49-50-52-54-56-58-60-62-64-66-68-70-72-79(84)89-76-78(77-90-82(81(86)87)88-75-74-83(3,4)5)91-80(85)73-71-69-67-65-63-61-59-57-55-53-51-48-31-29-27-25-23-21-19-17-15-13-11-9-7-2/h18-21,24-27,31,48,78,82H,6-17,22-23,28-30,32-47,49-77H2,1-5H3/b20-18-,21-19-,26-24-,27-25-,48-31-. The van der Waals surface area contributed by atoms with Crippen LogP contribution in [0.15, 0.2) is 60.8 Å². The Bertz CT molecular complexity index is 1680. The van der Waals surface area contributed by atoms with Crippen LogP contribution in [-0.2, 0) is 33.3 Å². The predicted molar refractivity (Wildman–Crippen MR) is 389 cm³/mol. The summed E-state index contributed by atoms with van der Waals surface area (Å²) in [4.78, 5) is 37.6. The second-order valence-electron chi connectivity index (χ2n) is 28.0. The number of unbranched alkanes of at least 4 members (excludes halogenated alkanes) is 49. The number of carbonyl (C=O) groups is 3. The van der Waals surface area contributed by atoms with Gasteiger partial charge in [0, 0.05) is 12.8 Å². The first-order valence-electron chi connectivity index (χ1n) is 39.4. The van der Waals surface area contributed by atoms with E-state index >= 15 is 0 Å². The summed E-state index contributed by atoms with van der Waals surface area (Å²) < 4.78 is 22.8. The van der Waals surface area contributed by atoms with Crippen LogP contribution < -0.4 is 5.11 Å². The Morgan fingerprint density at radius 2 is 0.593 bits per heavy atom. The Balaban J connectivity index is 3.94. The van der Waals surface area contributed by atoms with Crippen molar-refractivity contribution in [2.24, 2.45) is 0 Å². The zero-order valence-electron chi connectivity index (χ0n) is 61.0. The number of rotatable bonds is 74. The molecule has 0 saturated heterocycles. The van der Waals surface area contributed by atoms with Crippen LogP contribution in [-0.4, -0.2) is 82.3 Å². The lowest BCUT2D eigenvalue weighted by Gasteiger charge is -2.26. The zero-order valence-corrected chi connectivity index (χ0v) is 61.0. The van der Waals surface area contributed by atoms with Crippen molar-refractivity contribution in [2.75, 3.05) is 47.5 Å². The molecule has 0 saturated carbocycles. The van der Waals surface area contributed by atoms with Crippen molar-refractivity contribution in [3.05, 3.63) is 60.8 Å². The Morgan fingerprint density at radius 3 is 0.879 bits per heavy atom. The number of allylic oxidation sites excluding steroid dienone is 10. The van der Waals surface area contributed by atoms with Gasteiger partial charge in [-0.05, 0) is 83.5 Å². The lowest BCUT2D eigenvalue weighted by Crippen LogP contribution is -2.44. The highest BCUT2D eigenvalue weighted by atomic mass is 16.7. The summed E-state index contributed by atoms with van der Waals surface area (Å²) >= 11 is 0. The van der Waals surface area contributed by atoms with Gasteiger partial charge in [0.05, 0.1) is 40.3 Å². The molecular formula is C82H151NO8. The number of carbonyl (C=O) groups excluding carboxylic acids is 3. The van der Waals surface area contributed by atoms with Crippen LogP contribution in [0.4, 0.5) is 0 Å². The summed E-state index contributed by atoms with van der Waals surface area (Å²) in [6, 6.07) is 0. The molecule has 0 aromatic heterocycles. The second kappa shape index (κ2) is 72.8. The summed E-state index contributed by atoms with van der Waals surface area (Å²) in [5.41, 5.74) is 0. The van der Waals surface area contributed by atoms with Gasteiger partial charge in [0.25, 0.3) is 0 Å². The highest BCUT2D eigenvalue weighted by Gasteiger charge is 2.22. The Labute approximate surface area is 565 Å². The maximum atomic E-state index is 12.9. The first kappa shape index (κ1) is 88.0. The summed E-state index contributed by atoms with van der Waals surface area (Å²) in [6.45, 7) is 4.78. The van der Waals surface area contributed by atoms with E-state index in [0.717, 1.165) is 64.2 Å². The van der Waals surface area contributed by atoms with E-state index in [1.54, 1.807) is 0 Å². The van der Waals surface area contributed by atoms with Crippen LogP contribution in [0.1, 0.15) is 386 Å². The number of carboxylic acid groups (broad SMARTS) is 1. The minimum atomic E-state index is -1.62. The van der Waals surface area contributed by atoms with Crippen LogP contribution >= 0.6 is 0 Å². The Morgan fingerprint density at radius 1 is 0.330 bits per heavy atom. The minimum absolute atomic E-state index is 0.148. The van der Waals surface area contributed by atoms with E-state index in [0.29, 0.717) is 23.9 Å². The number of esters is 2. The molecule has 0 radical (unpaired) electrons. The highest BCUT2D eigenvalue weighted by molar-refractivity contribution is 5.70. The topological polar surface area (TPSA) is 111 Å². The average Bonchev–Trinajstić information content (AvgIpc) is 3.46. The van der Waals surface area contributed by atoms with E-state index in [-0.39, 0.29) is 32.2 Å². The van der Waals surface area contributed by atoms with Crippen molar-refractivity contribution >= 4 is 17.9 Å². The van der Waals surface area contributed by atoms with Crippen molar-refractivity contribution in [1.29, 1.82) is 0 Å². The van der Waals surface area contributed by atoms with Crippen molar-refractivity contribution in [2.45, 2.75) is 399 Å². The van der Waals surface area contributed by atoms with Gasteiger partial charge in [-0.2, -0.15) is 0 Å². The smallest absolute Gasteiger partial charge is 0.306 e. The second-order valence-corrected chi connectivity index (χ2v) is 28.0. The van der Waals surface area contributed by atoms with Crippen LogP contribution in [0.2, 0.25) is 0 Å². The molecule has 0 aromatic rings. The number of nitrogens with zero attached hydrogens (tertiary/aromatic N) is 1. The van der Waals surface area contributed by atoms with E-state index in [4.69, 9.17) is 18.9 Å². The molecule has 0 bridgehead atoms. The number of carboxylic acids is 1. The molecule has 0 spiro atoms. The van der Waals surface area contributed by atoms with Gasteiger partial charge in [0.2, 0.25) is 0 Å². The average molecular weight is 1280 g/mol. The highest BCUT2D eigenvalue weighted by Crippen LogP contribution is 2.19. The zero-order chi connectivity index (χ0) is 66.1. The Hall–Kier alpha value is -3.01. The normalized spacial score (nSPS) is 12.9. The van der Waals surface area contributed by atoms with Crippen molar-refractivity contribution in [1.82, 2.24) is 0 Å². The minimum Gasteiger partial charge on any atom is -0.545 e. The third-order valence-corrected chi connectivity index (χ3v) is 17.7. The quantitative estimate of drug-likeness (QED) is 0.0195. The SMILES string of the molecule is CCCCCCC/C=C\C/C=C\C/C=C\CCCCCCCCCCCCC(=O)OC(COC(=O)CCCCCCCCCCCCCCCCCCCCCCCCCCCCCCC/C=C\C/C=C\CCCCCCC)COC(OCC[N+](C)(C)C)C(=O)[O-]. The number of hydrogen-bond acceptors (Lipinski definition) is 8. The van der Waals surface area contributed by atoms with Gasteiger partial charge >= 0.3 is 11.9 Å². The monoisotopic (exact) mass is 1280 g/mol. The van der Waals surface area contributed by atoms with Crippen molar-refractivity contribution in [3.63, 3.8) is 0 Å². The number of aliphatic carboxylic acids is 1. The largest absolute Gasteiger partial charge is 0.545 e. The molecule has 0 aromatic carbocycles. The van der Waals surface area contributed by atoms with Gasteiger partial charge in [-0.25, -0.2) is 0 Å². The van der Waals surface area contributed by atoms with E-state index in [1.807, 2.05) is 21.1 Å². The third-order valence-electron chi connectivity index (χ3n) is 17.7. The summed E-state index contributed by atoms with van der Waals surface area (Å²) in [5.74, 6) is -2.27. The number of likely N-dealkylation sites (N-methyl/N-ethyl adjacent to an activating group) is 1. The lowest BCUT2D eigenvalue weighted by atomic mass is 10.0. The van der Waals surface area contributed by atoms with Gasteiger partial charge in [0.15, 0.2) is 12.4 Å². The van der Waals surface area contributed by atoms with Gasteiger partial charge in [0.1, 0.15) is 13.2 Å². The summed E-state index contributed by atoms with van der Waals surface area (Å²) in [6.07, 6.45) is 93.5. The molecule has 0 N–H and O–H groups in total. The lowest BCUT2D eigenvalue weighted by molar-refractivity contribution is -0.870. The van der Waals surface area contributed by atoms with Crippen LogP contribution in [0, 0.1) is 0 Å². The molecule has 9 heteroatoms. The third kappa shape index (κ3) is 74.3. The Kier molecular flexibility index (Phi) is 70.4. The fraction of sp³-hybridized carbons (Fsp3) is 0.841. The van der Waals surface area contributed by atoms with Gasteiger partial charge in [-0.3, -0.25) is 9.59 Å².